The van der Waals surface area contributed by atoms with E-state index in [1.807, 2.05) is 6.07 Å². The molecule has 1 saturated heterocycles. The third kappa shape index (κ3) is 4.00. The van der Waals surface area contributed by atoms with Gasteiger partial charge in [0.25, 0.3) is 0 Å². The van der Waals surface area contributed by atoms with Gasteiger partial charge in [-0.25, -0.2) is 0 Å². The highest BCUT2D eigenvalue weighted by Gasteiger charge is 2.31. The van der Waals surface area contributed by atoms with Gasteiger partial charge in [-0.15, -0.1) is 0 Å². The number of thioether (sulfide) groups is 1. The normalized spacial score (nSPS) is 21.9. The van der Waals surface area contributed by atoms with Crippen LogP contribution in [0.5, 0.6) is 0 Å². The van der Waals surface area contributed by atoms with E-state index < -0.39 is 5.51 Å². The number of carbonyl (C=O) groups is 1. The number of likely N-dealkylation sites (tertiary alicyclic amines) is 1. The number of carbonyl (C=O) groups excluding carboxylic acids is 1. The van der Waals surface area contributed by atoms with Crippen LogP contribution in [-0.4, -0.2) is 35.2 Å². The van der Waals surface area contributed by atoms with Crippen molar-refractivity contribution >= 4 is 17.7 Å². The lowest BCUT2D eigenvalue weighted by Gasteiger charge is -2.15. The molecule has 7 heteroatoms. The van der Waals surface area contributed by atoms with Crippen molar-refractivity contribution in [3.05, 3.63) is 0 Å². The molecular weight excluding hydrogens is 229 g/mol. The largest absolute Gasteiger partial charge is 0.441 e. The third-order valence-corrected chi connectivity index (χ3v) is 2.74. The molecule has 1 heterocycles. The van der Waals surface area contributed by atoms with Gasteiger partial charge in [0.1, 0.15) is 0 Å². The van der Waals surface area contributed by atoms with Crippen molar-refractivity contribution in [3.63, 3.8) is 0 Å². The summed E-state index contributed by atoms with van der Waals surface area (Å²) in [6, 6.07) is 1.94. The molecule has 1 fully saturated rings. The van der Waals surface area contributed by atoms with Crippen molar-refractivity contribution in [2.24, 2.45) is 5.92 Å². The third-order valence-electron chi connectivity index (χ3n) is 2.02. The zero-order chi connectivity index (χ0) is 11.5. The van der Waals surface area contributed by atoms with Gasteiger partial charge in [0, 0.05) is 25.3 Å². The van der Waals surface area contributed by atoms with E-state index in [9.17, 15) is 18.0 Å². The van der Waals surface area contributed by atoms with Crippen LogP contribution in [0.4, 0.5) is 13.2 Å². The van der Waals surface area contributed by atoms with E-state index in [0.29, 0.717) is 0 Å². The van der Waals surface area contributed by atoms with Gasteiger partial charge in [-0.3, -0.25) is 4.79 Å². The molecule has 0 N–H and O–H groups in total. The summed E-state index contributed by atoms with van der Waals surface area (Å²) in [5.41, 5.74) is -4.25. The first-order valence-electron chi connectivity index (χ1n) is 4.30. The molecule has 0 spiro atoms. The molecule has 0 radical (unpaired) electrons. The van der Waals surface area contributed by atoms with E-state index in [4.69, 9.17) is 5.26 Å². The van der Waals surface area contributed by atoms with Crippen LogP contribution in [0.25, 0.3) is 0 Å². The Morgan fingerprint density at radius 1 is 1.60 bits per heavy atom. The van der Waals surface area contributed by atoms with Gasteiger partial charge in [0.2, 0.25) is 5.91 Å². The van der Waals surface area contributed by atoms with Crippen LogP contribution in [0.15, 0.2) is 0 Å². The van der Waals surface area contributed by atoms with Crippen molar-refractivity contribution in [2.75, 3.05) is 18.8 Å². The number of amides is 1. The molecule has 1 rings (SSSR count). The molecule has 1 amide bonds. The summed E-state index contributed by atoms with van der Waals surface area (Å²) in [6.45, 7) is 0.314. The first kappa shape index (κ1) is 12.2. The Balaban J connectivity index is 2.29. The summed E-state index contributed by atoms with van der Waals surface area (Å²) in [5.74, 6) is -0.773. The Labute approximate surface area is 89.2 Å². The summed E-state index contributed by atoms with van der Waals surface area (Å²) >= 11 is -0.146. The van der Waals surface area contributed by atoms with Crippen molar-refractivity contribution in [3.8, 4) is 6.07 Å². The van der Waals surface area contributed by atoms with Gasteiger partial charge in [0.05, 0.1) is 12.0 Å². The van der Waals surface area contributed by atoms with Gasteiger partial charge in [-0.1, -0.05) is 0 Å². The molecule has 15 heavy (non-hydrogen) atoms. The molecule has 84 valence electrons. The van der Waals surface area contributed by atoms with Crippen molar-refractivity contribution in [1.29, 1.82) is 5.26 Å². The van der Waals surface area contributed by atoms with Gasteiger partial charge < -0.3 is 4.90 Å². The number of halogens is 3. The Kier molecular flexibility index (Phi) is 3.85. The molecule has 0 aromatic heterocycles. The smallest absolute Gasteiger partial charge is 0.340 e. The number of hydrogen-bond acceptors (Lipinski definition) is 3. The second-order valence-corrected chi connectivity index (χ2v) is 4.32. The van der Waals surface area contributed by atoms with Crippen LogP contribution in [0.1, 0.15) is 6.42 Å². The van der Waals surface area contributed by atoms with E-state index in [2.05, 4.69) is 0 Å². The van der Waals surface area contributed by atoms with E-state index in [1.54, 1.807) is 0 Å². The van der Waals surface area contributed by atoms with Gasteiger partial charge >= 0.3 is 5.51 Å². The number of hydrogen-bond donors (Lipinski definition) is 0. The SMILES string of the molecule is N#CC1CC(=O)N(CCSC(F)(F)F)C1. The second kappa shape index (κ2) is 4.75. The highest BCUT2D eigenvalue weighted by molar-refractivity contribution is 8.00. The lowest BCUT2D eigenvalue weighted by Crippen LogP contribution is -2.28. The Morgan fingerprint density at radius 2 is 2.27 bits per heavy atom. The van der Waals surface area contributed by atoms with Gasteiger partial charge in [-0.2, -0.15) is 18.4 Å². The minimum atomic E-state index is -4.25. The van der Waals surface area contributed by atoms with Crippen molar-refractivity contribution in [1.82, 2.24) is 4.90 Å². The van der Waals surface area contributed by atoms with Crippen molar-refractivity contribution < 1.29 is 18.0 Å². The molecule has 0 bridgehead atoms. The number of nitrogens with zero attached hydrogens (tertiary/aromatic N) is 2. The molecule has 1 aliphatic rings. The van der Waals surface area contributed by atoms with Crippen molar-refractivity contribution in [2.45, 2.75) is 11.9 Å². The molecule has 0 aromatic rings. The average Bonchev–Trinajstić information content (AvgIpc) is 2.45. The minimum absolute atomic E-state index is 0.0567. The number of nitriles is 1. The maximum atomic E-state index is 11.8. The fourth-order valence-corrected chi connectivity index (χ4v) is 1.89. The fourth-order valence-electron chi connectivity index (χ4n) is 1.35. The summed E-state index contributed by atoms with van der Waals surface area (Å²) in [4.78, 5) is 12.5. The van der Waals surface area contributed by atoms with Crippen LogP contribution in [0.2, 0.25) is 0 Å². The summed E-state index contributed by atoms with van der Waals surface area (Å²) in [7, 11) is 0. The first-order chi connectivity index (χ1) is 6.92. The topological polar surface area (TPSA) is 44.1 Å². The summed E-state index contributed by atoms with van der Waals surface area (Å²) in [5, 5.41) is 8.54. The Morgan fingerprint density at radius 3 is 2.73 bits per heavy atom. The molecule has 1 atom stereocenters. The van der Waals surface area contributed by atoms with Crippen LogP contribution in [-0.2, 0) is 4.79 Å². The summed E-state index contributed by atoms with van der Waals surface area (Å²) in [6.07, 6.45) is 0.132. The number of alkyl halides is 3. The molecule has 1 aliphatic heterocycles. The highest BCUT2D eigenvalue weighted by Crippen LogP contribution is 2.30. The lowest BCUT2D eigenvalue weighted by atomic mass is 10.1. The molecule has 3 nitrogen and oxygen atoms in total. The summed E-state index contributed by atoms with van der Waals surface area (Å²) < 4.78 is 35.3. The molecule has 0 aliphatic carbocycles. The standard InChI is InChI=1S/C8H9F3N2OS/c9-8(10,11)15-2-1-13-5-6(4-12)3-7(13)14/h6H,1-3,5H2. The Hall–Kier alpha value is -0.900. The first-order valence-corrected chi connectivity index (χ1v) is 5.29. The molecule has 1 unspecified atom stereocenters. The van der Waals surface area contributed by atoms with Crippen LogP contribution in [0.3, 0.4) is 0 Å². The molecular formula is C8H9F3N2OS. The van der Waals surface area contributed by atoms with E-state index >= 15 is 0 Å². The lowest BCUT2D eigenvalue weighted by molar-refractivity contribution is -0.127. The monoisotopic (exact) mass is 238 g/mol. The van der Waals surface area contributed by atoms with Crippen LogP contribution in [0, 0.1) is 17.2 Å². The molecule has 0 saturated carbocycles. The quantitative estimate of drug-likeness (QED) is 0.750. The highest BCUT2D eigenvalue weighted by atomic mass is 32.2. The zero-order valence-electron chi connectivity index (χ0n) is 7.75. The van der Waals surface area contributed by atoms with E-state index in [-0.39, 0.29) is 48.9 Å². The zero-order valence-corrected chi connectivity index (χ0v) is 8.57. The van der Waals surface area contributed by atoms with E-state index in [1.165, 1.54) is 4.90 Å². The van der Waals surface area contributed by atoms with Crippen LogP contribution >= 0.6 is 11.8 Å². The minimum Gasteiger partial charge on any atom is -0.340 e. The fraction of sp³-hybridized carbons (Fsp3) is 0.750. The predicted octanol–water partition coefficient (Wildman–Crippen LogP) is 1.61. The average molecular weight is 238 g/mol. The van der Waals surface area contributed by atoms with E-state index in [0.717, 1.165) is 0 Å². The van der Waals surface area contributed by atoms with Gasteiger partial charge in [0.15, 0.2) is 0 Å². The second-order valence-electron chi connectivity index (χ2n) is 3.16. The Bertz CT molecular complexity index is 287. The van der Waals surface area contributed by atoms with Gasteiger partial charge in [-0.05, 0) is 11.8 Å². The maximum absolute atomic E-state index is 11.8. The number of rotatable bonds is 3. The van der Waals surface area contributed by atoms with Crippen LogP contribution < -0.4 is 0 Å². The predicted molar refractivity (Wildman–Crippen MR) is 48.8 cm³/mol. The maximum Gasteiger partial charge on any atom is 0.441 e. The molecule has 0 aromatic carbocycles.